The first kappa shape index (κ1) is 15.7. The lowest BCUT2D eigenvalue weighted by atomic mass is 10.0. The zero-order valence-electron chi connectivity index (χ0n) is 14.1. The minimum atomic E-state index is -0.273. The third kappa shape index (κ3) is 2.94. The number of fused-ring (bicyclic) bond motifs is 3. The Balaban J connectivity index is 1.69. The van der Waals surface area contributed by atoms with Crippen molar-refractivity contribution >= 4 is 11.0 Å². The zero-order chi connectivity index (χ0) is 16.5. The van der Waals surface area contributed by atoms with Gasteiger partial charge in [-0.3, -0.25) is 4.90 Å². The van der Waals surface area contributed by atoms with Crippen molar-refractivity contribution in [3.63, 3.8) is 0 Å². The molecular weight excluding hydrogens is 306 g/mol. The Bertz CT molecular complexity index is 792. The Hall–Kier alpha value is -1.85. The summed E-state index contributed by atoms with van der Waals surface area (Å²) in [7, 11) is 0. The van der Waals surface area contributed by atoms with Gasteiger partial charge in [0.25, 0.3) is 0 Å². The van der Waals surface area contributed by atoms with Crippen LogP contribution in [0.15, 0.2) is 27.4 Å². The van der Waals surface area contributed by atoms with Crippen molar-refractivity contribution in [2.24, 2.45) is 0 Å². The lowest BCUT2D eigenvalue weighted by molar-refractivity contribution is -0.935. The minimum absolute atomic E-state index is 0.273. The number of aryl methyl sites for hydroxylation is 1. The standard InChI is InChI=1S/C19H23NO4/c1-2-4-13-9-18(21)24-19-15(13)6-7-17-16(19)11-20(12-23-17)10-14-5-3-8-22-14/h6-7,9,14H,2-5,8,10-12H2,1H3/p+1/t14-/m1/s1. The fourth-order valence-corrected chi connectivity index (χ4v) is 3.85. The molecule has 2 aliphatic heterocycles. The molecule has 1 saturated heterocycles. The lowest BCUT2D eigenvalue weighted by Gasteiger charge is -2.28. The summed E-state index contributed by atoms with van der Waals surface area (Å²) in [5, 5.41) is 1.04. The van der Waals surface area contributed by atoms with E-state index in [9.17, 15) is 4.79 Å². The number of quaternary nitrogens is 1. The van der Waals surface area contributed by atoms with Crippen LogP contribution in [0.3, 0.4) is 0 Å². The average Bonchev–Trinajstić information content (AvgIpc) is 3.08. The van der Waals surface area contributed by atoms with Crippen LogP contribution in [0.1, 0.15) is 37.3 Å². The Kier molecular flexibility index (Phi) is 4.29. The fraction of sp³-hybridized carbons (Fsp3) is 0.526. The number of hydrogen-bond donors (Lipinski definition) is 1. The predicted molar refractivity (Wildman–Crippen MR) is 90.5 cm³/mol. The molecule has 0 radical (unpaired) electrons. The maximum Gasteiger partial charge on any atom is 0.336 e. The van der Waals surface area contributed by atoms with Crippen molar-refractivity contribution in [3.05, 3.63) is 39.7 Å². The molecule has 2 atom stereocenters. The third-order valence-corrected chi connectivity index (χ3v) is 4.98. The Morgan fingerprint density at radius 3 is 3.04 bits per heavy atom. The summed E-state index contributed by atoms with van der Waals surface area (Å²) >= 11 is 0. The highest BCUT2D eigenvalue weighted by Gasteiger charge is 2.28. The maximum absolute atomic E-state index is 12.0. The predicted octanol–water partition coefficient (Wildman–Crippen LogP) is 1.66. The van der Waals surface area contributed by atoms with Crippen molar-refractivity contribution < 1.29 is 18.8 Å². The van der Waals surface area contributed by atoms with Gasteiger partial charge in [0.15, 0.2) is 5.58 Å². The van der Waals surface area contributed by atoms with Crippen molar-refractivity contribution in [1.82, 2.24) is 0 Å². The van der Waals surface area contributed by atoms with Crippen LogP contribution >= 0.6 is 0 Å². The van der Waals surface area contributed by atoms with Gasteiger partial charge in [-0.25, -0.2) is 4.79 Å². The van der Waals surface area contributed by atoms with E-state index in [1.54, 1.807) is 6.07 Å². The molecule has 1 N–H and O–H groups in total. The van der Waals surface area contributed by atoms with E-state index in [1.165, 1.54) is 4.90 Å². The molecule has 5 heteroatoms. The molecule has 4 rings (SSSR count). The van der Waals surface area contributed by atoms with E-state index in [0.717, 1.165) is 67.6 Å². The van der Waals surface area contributed by atoms with Crippen LogP contribution < -0.4 is 15.3 Å². The van der Waals surface area contributed by atoms with E-state index in [0.29, 0.717) is 18.4 Å². The van der Waals surface area contributed by atoms with Crippen molar-refractivity contribution in [2.75, 3.05) is 19.9 Å². The van der Waals surface area contributed by atoms with Gasteiger partial charge in [0, 0.05) is 18.1 Å². The molecule has 1 aromatic carbocycles. The first-order valence-electron chi connectivity index (χ1n) is 8.91. The molecule has 0 spiro atoms. The second-order valence-corrected chi connectivity index (χ2v) is 6.81. The van der Waals surface area contributed by atoms with Gasteiger partial charge in [-0.1, -0.05) is 13.3 Å². The van der Waals surface area contributed by atoms with Crippen molar-refractivity contribution in [1.29, 1.82) is 0 Å². The van der Waals surface area contributed by atoms with Gasteiger partial charge in [0.1, 0.15) is 24.9 Å². The van der Waals surface area contributed by atoms with E-state index >= 15 is 0 Å². The van der Waals surface area contributed by atoms with Crippen molar-refractivity contribution in [3.8, 4) is 5.75 Å². The fourth-order valence-electron chi connectivity index (χ4n) is 3.85. The van der Waals surface area contributed by atoms with E-state index < -0.39 is 0 Å². The monoisotopic (exact) mass is 330 g/mol. The molecule has 2 aromatic rings. The van der Waals surface area contributed by atoms with Gasteiger partial charge in [-0.15, -0.1) is 0 Å². The first-order chi connectivity index (χ1) is 11.7. The average molecular weight is 330 g/mol. The van der Waals surface area contributed by atoms with Crippen molar-refractivity contribution in [2.45, 2.75) is 45.3 Å². The Morgan fingerprint density at radius 1 is 1.33 bits per heavy atom. The number of ether oxygens (including phenoxy) is 2. The summed E-state index contributed by atoms with van der Waals surface area (Å²) in [5.41, 5.74) is 2.51. The molecule has 0 bridgehead atoms. The Morgan fingerprint density at radius 2 is 2.25 bits per heavy atom. The molecule has 3 heterocycles. The van der Waals surface area contributed by atoms with E-state index in [1.807, 2.05) is 12.1 Å². The zero-order valence-corrected chi connectivity index (χ0v) is 14.1. The molecule has 128 valence electrons. The minimum Gasteiger partial charge on any atom is -0.445 e. The van der Waals surface area contributed by atoms with E-state index in [-0.39, 0.29) is 5.63 Å². The molecule has 1 fully saturated rings. The number of hydrogen-bond acceptors (Lipinski definition) is 4. The summed E-state index contributed by atoms with van der Waals surface area (Å²) in [4.78, 5) is 13.3. The topological polar surface area (TPSA) is 53.1 Å². The van der Waals surface area contributed by atoms with Crippen LogP contribution in [0.4, 0.5) is 0 Å². The summed E-state index contributed by atoms with van der Waals surface area (Å²) in [6, 6.07) is 5.66. The quantitative estimate of drug-likeness (QED) is 0.867. The molecule has 1 aromatic heterocycles. The lowest BCUT2D eigenvalue weighted by Crippen LogP contribution is -3.13. The van der Waals surface area contributed by atoms with Crippen LogP contribution in [-0.4, -0.2) is 26.0 Å². The van der Waals surface area contributed by atoms with Crippen LogP contribution in [0, 0.1) is 0 Å². The normalized spacial score (nSPS) is 23.2. The SMILES string of the molecule is CCCc1cc(=O)oc2c3c(ccc12)OC[NH+](C[C@H]1CCCO1)C3. The van der Waals surface area contributed by atoms with Gasteiger partial charge < -0.3 is 13.9 Å². The molecule has 0 saturated carbocycles. The van der Waals surface area contributed by atoms with Gasteiger partial charge in [0.05, 0.1) is 5.56 Å². The van der Waals surface area contributed by atoms with Gasteiger partial charge >= 0.3 is 5.63 Å². The molecule has 2 aliphatic rings. The van der Waals surface area contributed by atoms with Gasteiger partial charge in [-0.05, 0) is 37.0 Å². The highest BCUT2D eigenvalue weighted by Crippen LogP contribution is 2.30. The number of benzene rings is 1. The summed E-state index contributed by atoms with van der Waals surface area (Å²) in [6.07, 6.45) is 4.48. The maximum atomic E-state index is 12.0. The smallest absolute Gasteiger partial charge is 0.336 e. The first-order valence-corrected chi connectivity index (χ1v) is 8.91. The van der Waals surface area contributed by atoms with Crippen LogP contribution in [0.5, 0.6) is 5.75 Å². The second-order valence-electron chi connectivity index (χ2n) is 6.81. The highest BCUT2D eigenvalue weighted by atomic mass is 16.5. The molecule has 24 heavy (non-hydrogen) atoms. The van der Waals surface area contributed by atoms with Crippen LogP contribution in [0.2, 0.25) is 0 Å². The summed E-state index contributed by atoms with van der Waals surface area (Å²) in [5.74, 6) is 0.843. The van der Waals surface area contributed by atoms with Crippen LogP contribution in [-0.2, 0) is 17.7 Å². The molecule has 0 aliphatic carbocycles. The number of nitrogens with one attached hydrogen (secondary N) is 1. The second kappa shape index (κ2) is 6.57. The van der Waals surface area contributed by atoms with E-state index in [2.05, 4.69) is 6.92 Å². The third-order valence-electron chi connectivity index (χ3n) is 4.98. The summed E-state index contributed by atoms with van der Waals surface area (Å²) in [6.45, 7) is 5.38. The molecule has 0 amide bonds. The Labute approximate surface area is 141 Å². The van der Waals surface area contributed by atoms with E-state index in [4.69, 9.17) is 13.9 Å². The molecule has 1 unspecified atom stereocenters. The molecular formula is C19H24NO4+. The summed E-state index contributed by atoms with van der Waals surface area (Å²) < 4.78 is 17.3. The van der Waals surface area contributed by atoms with Crippen LogP contribution in [0.25, 0.3) is 11.0 Å². The number of rotatable bonds is 4. The van der Waals surface area contributed by atoms with Gasteiger partial charge in [-0.2, -0.15) is 0 Å². The van der Waals surface area contributed by atoms with Gasteiger partial charge in [0.2, 0.25) is 6.73 Å². The highest BCUT2D eigenvalue weighted by molar-refractivity contribution is 5.85. The molecule has 5 nitrogen and oxygen atoms in total. The largest absolute Gasteiger partial charge is 0.445 e.